The van der Waals surface area contributed by atoms with Gasteiger partial charge in [0.25, 0.3) is 0 Å². The summed E-state index contributed by atoms with van der Waals surface area (Å²) in [5.41, 5.74) is 1.09. The Balaban J connectivity index is -0.0000000716. The minimum Gasteiger partial charge on any atom is 0 e. The fourth-order valence-electron chi connectivity index (χ4n) is 1.42. The first kappa shape index (κ1) is 46.8. The molecule has 0 bridgehead atoms. The molecule has 0 heterocycles. The van der Waals surface area contributed by atoms with E-state index >= 15 is 0 Å². The van der Waals surface area contributed by atoms with E-state index < -0.39 is 0 Å². The monoisotopic (exact) mass is 524 g/mol. The summed E-state index contributed by atoms with van der Waals surface area (Å²) in [5.74, 6) is 7.41. The molecule has 0 atom stereocenters. The van der Waals surface area contributed by atoms with E-state index in [4.69, 9.17) is 27.9 Å². The van der Waals surface area contributed by atoms with Crippen LogP contribution < -0.4 is 0 Å². The van der Waals surface area contributed by atoms with Crippen molar-refractivity contribution in [2.75, 3.05) is 5.75 Å². The SMILES string of the molecule is C(#Cc1ccccc1)CCSc1ccccc1.[C-]#[O+].[C-]#[O+].[C-]#[O+].[C-]#[O+].[C-]#[O+].[C-]#[O+].[Co].[Co]. The van der Waals surface area contributed by atoms with E-state index in [1.165, 1.54) is 4.90 Å². The molecule has 0 saturated carbocycles. The van der Waals surface area contributed by atoms with Crippen molar-refractivity contribution in [3.63, 3.8) is 0 Å². The molecule has 162 valence electrons. The quantitative estimate of drug-likeness (QED) is 0.195. The van der Waals surface area contributed by atoms with Crippen LogP contribution in [0.4, 0.5) is 0 Å². The van der Waals surface area contributed by atoms with Gasteiger partial charge in [0.1, 0.15) is 0 Å². The molecule has 2 radical (unpaired) electrons. The number of hydrogen-bond donors (Lipinski definition) is 0. The van der Waals surface area contributed by atoms with Crippen molar-refractivity contribution in [3.05, 3.63) is 106 Å². The van der Waals surface area contributed by atoms with Crippen molar-refractivity contribution >= 4 is 11.8 Å². The minimum absolute atomic E-state index is 0. The van der Waals surface area contributed by atoms with E-state index in [0.717, 1.165) is 17.7 Å². The standard InChI is InChI=1S/C16H14S.6CO.2Co/c1-3-9-15(10-4-1)11-7-8-14-17-16-12-5-2-6-13-16;6*1-2;;/h1-6,9-10,12-13H,8,14H2;;;;;;;;. The minimum atomic E-state index is 0. The van der Waals surface area contributed by atoms with Gasteiger partial charge in [-0.1, -0.05) is 48.2 Å². The molecule has 6 nitrogen and oxygen atoms in total. The summed E-state index contributed by atoms with van der Waals surface area (Å²) in [5, 5.41) is 0. The molecule has 0 N–H and O–H groups in total. The van der Waals surface area contributed by atoms with Gasteiger partial charge in [-0.2, -0.15) is 0 Å². The second-order valence-electron chi connectivity index (χ2n) is 3.58. The van der Waals surface area contributed by atoms with Gasteiger partial charge in [0.15, 0.2) is 0 Å². The van der Waals surface area contributed by atoms with E-state index in [9.17, 15) is 0 Å². The first-order valence-corrected chi connectivity index (χ1v) is 7.88. The van der Waals surface area contributed by atoms with Gasteiger partial charge in [-0.25, -0.2) is 0 Å². The summed E-state index contributed by atoms with van der Waals surface area (Å²) in [6.45, 7) is 27.0. The normalized spacial score (nSPS) is 5.55. The third-order valence-corrected chi connectivity index (χ3v) is 3.26. The average molecular weight is 524 g/mol. The number of hydrogen-bond acceptors (Lipinski definition) is 1. The topological polar surface area (TPSA) is 119 Å². The molecule has 0 amide bonds. The average Bonchev–Trinajstić information content (AvgIpc) is 2.88. The van der Waals surface area contributed by atoms with Gasteiger partial charge in [0.05, 0.1) is 0 Å². The van der Waals surface area contributed by atoms with Crippen LogP contribution in [0.25, 0.3) is 0 Å². The van der Waals surface area contributed by atoms with Gasteiger partial charge in [-0.3, -0.25) is 0 Å². The van der Waals surface area contributed by atoms with Gasteiger partial charge in [0.2, 0.25) is 0 Å². The Morgan fingerprint density at radius 2 is 0.935 bits per heavy atom. The van der Waals surface area contributed by atoms with Crippen molar-refractivity contribution in [3.8, 4) is 11.8 Å². The van der Waals surface area contributed by atoms with E-state index in [1.807, 2.05) is 48.2 Å². The summed E-state index contributed by atoms with van der Waals surface area (Å²) >= 11 is 1.85. The van der Waals surface area contributed by atoms with Crippen LogP contribution in [-0.4, -0.2) is 5.75 Å². The third-order valence-electron chi connectivity index (χ3n) is 2.25. The molecular weight excluding hydrogens is 510 g/mol. The van der Waals surface area contributed by atoms with Crippen LogP contribution in [-0.2, 0) is 61.5 Å². The molecule has 2 aromatic carbocycles. The molecule has 2 rings (SSSR count). The Labute approximate surface area is 207 Å². The molecule has 0 aromatic heterocycles. The molecule has 0 fully saturated rings. The Hall–Kier alpha value is -2.20. The van der Waals surface area contributed by atoms with Crippen molar-refractivity contribution in [2.24, 2.45) is 0 Å². The van der Waals surface area contributed by atoms with E-state index in [2.05, 4.69) is 76.0 Å². The zero-order valence-corrected chi connectivity index (χ0v) is 18.6. The van der Waals surface area contributed by atoms with Crippen molar-refractivity contribution in [1.29, 1.82) is 0 Å². The summed E-state index contributed by atoms with van der Waals surface area (Å²) in [6, 6.07) is 20.6. The van der Waals surface area contributed by atoms with Crippen LogP contribution in [0.1, 0.15) is 12.0 Å². The van der Waals surface area contributed by atoms with Crippen LogP contribution in [0.5, 0.6) is 0 Å². The predicted molar refractivity (Wildman–Crippen MR) is 98.7 cm³/mol. The zero-order chi connectivity index (χ0) is 23.8. The number of rotatable bonds is 3. The van der Waals surface area contributed by atoms with E-state index in [1.54, 1.807) is 0 Å². The summed E-state index contributed by atoms with van der Waals surface area (Å²) in [4.78, 5) is 1.31. The molecule has 0 aliphatic rings. The van der Waals surface area contributed by atoms with Crippen LogP contribution in [0.15, 0.2) is 65.6 Å². The Bertz CT molecular complexity index is 712. The van der Waals surface area contributed by atoms with Crippen molar-refractivity contribution in [1.82, 2.24) is 0 Å². The largest absolute Gasteiger partial charge is 0 e. The molecule has 0 unspecified atom stereocenters. The van der Waals surface area contributed by atoms with E-state index in [-0.39, 0.29) is 33.6 Å². The van der Waals surface area contributed by atoms with Crippen LogP contribution in [0.2, 0.25) is 0 Å². The fourth-order valence-corrected chi connectivity index (χ4v) is 2.21. The smallest absolute Gasteiger partial charge is 0 e. The van der Waals surface area contributed by atoms with Gasteiger partial charge < -0.3 is 0 Å². The first-order chi connectivity index (χ1) is 14.4. The summed E-state index contributed by atoms with van der Waals surface area (Å²) < 4.78 is 45.0. The number of thioether (sulfide) groups is 1. The third kappa shape index (κ3) is 38.9. The Kier molecular flexibility index (Phi) is 85.4. The maximum atomic E-state index is 7.50. The molecule has 2 aromatic rings. The molecular formula is C22H14Co2O6S. The Morgan fingerprint density at radius 3 is 1.32 bits per heavy atom. The van der Waals surface area contributed by atoms with E-state index in [0.29, 0.717) is 0 Å². The van der Waals surface area contributed by atoms with Gasteiger partial charge in [-0.15, -0.1) is 11.8 Å². The van der Waals surface area contributed by atoms with Gasteiger partial charge in [0, 0.05) is 56.2 Å². The zero-order valence-electron chi connectivity index (χ0n) is 15.7. The fraction of sp³-hybridized carbons (Fsp3) is 0.0909. The molecule has 0 aliphatic heterocycles. The first-order valence-electron chi connectivity index (χ1n) is 6.89. The van der Waals surface area contributed by atoms with Gasteiger partial charge in [-0.05, 0) is 24.3 Å². The summed E-state index contributed by atoms with van der Waals surface area (Å²) in [7, 11) is 0. The molecule has 0 saturated heterocycles. The Morgan fingerprint density at radius 1 is 0.581 bits per heavy atom. The van der Waals surface area contributed by atoms with Crippen LogP contribution in [0.3, 0.4) is 0 Å². The van der Waals surface area contributed by atoms with Crippen molar-refractivity contribution in [2.45, 2.75) is 11.3 Å². The molecule has 9 heteroatoms. The van der Waals surface area contributed by atoms with Gasteiger partial charge >= 0.3 is 67.8 Å². The maximum Gasteiger partial charge on any atom is 0 e. The van der Waals surface area contributed by atoms with Crippen molar-refractivity contribution < 1.29 is 61.5 Å². The molecule has 0 spiro atoms. The number of benzene rings is 2. The predicted octanol–water partition coefficient (Wildman–Crippen LogP) is 3.99. The van der Waals surface area contributed by atoms with Crippen LogP contribution >= 0.6 is 11.8 Å². The molecule has 0 aliphatic carbocycles. The van der Waals surface area contributed by atoms with Crippen LogP contribution in [0, 0.1) is 51.7 Å². The second-order valence-corrected chi connectivity index (χ2v) is 4.75. The molecule has 31 heavy (non-hydrogen) atoms. The maximum absolute atomic E-state index is 7.50. The second kappa shape index (κ2) is 56.5. The summed E-state index contributed by atoms with van der Waals surface area (Å²) in [6.07, 6.45) is 0.925.